The van der Waals surface area contributed by atoms with Crippen molar-refractivity contribution >= 4 is 17.0 Å². The van der Waals surface area contributed by atoms with Crippen LogP contribution in [0.1, 0.15) is 29.9 Å². The van der Waals surface area contributed by atoms with Gasteiger partial charge in [0.1, 0.15) is 12.0 Å². The van der Waals surface area contributed by atoms with E-state index in [-0.39, 0.29) is 5.56 Å². The molecule has 17 heavy (non-hydrogen) atoms. The van der Waals surface area contributed by atoms with Gasteiger partial charge in [0.05, 0.1) is 16.6 Å². The number of fused-ring (bicyclic) bond motifs is 1. The maximum Gasteiger partial charge on any atom is 0.338 e. The first-order chi connectivity index (χ1) is 8.00. The van der Waals surface area contributed by atoms with Crippen LogP contribution in [0.2, 0.25) is 0 Å². The van der Waals surface area contributed by atoms with Gasteiger partial charge in [-0.15, -0.1) is 0 Å². The normalized spacial score (nSPS) is 11.3. The molecular formula is C12H15N3O2. The molecule has 90 valence electrons. The Hall–Kier alpha value is -1.91. The van der Waals surface area contributed by atoms with Crippen LogP contribution in [0.15, 0.2) is 12.5 Å². The SMILES string of the molecule is CC(C)Cc1ncnc2c1c(C(=O)O)cn2C. The third-order valence-electron chi connectivity index (χ3n) is 2.66. The molecule has 0 aliphatic rings. The quantitative estimate of drug-likeness (QED) is 0.878. The Labute approximate surface area is 99.1 Å². The molecule has 0 spiro atoms. The van der Waals surface area contributed by atoms with Crippen molar-refractivity contribution in [1.29, 1.82) is 0 Å². The molecule has 2 aromatic rings. The van der Waals surface area contributed by atoms with Crippen LogP contribution in [0, 0.1) is 5.92 Å². The minimum absolute atomic E-state index is 0.277. The molecule has 0 bridgehead atoms. The summed E-state index contributed by atoms with van der Waals surface area (Å²) in [7, 11) is 1.79. The van der Waals surface area contributed by atoms with Crippen LogP contribution < -0.4 is 0 Å². The molecular weight excluding hydrogens is 218 g/mol. The number of carboxylic acids is 1. The number of carboxylic acid groups (broad SMARTS) is 1. The van der Waals surface area contributed by atoms with Gasteiger partial charge in [-0.3, -0.25) is 0 Å². The van der Waals surface area contributed by atoms with Crippen molar-refractivity contribution < 1.29 is 9.90 Å². The fraction of sp³-hybridized carbons (Fsp3) is 0.417. The van der Waals surface area contributed by atoms with E-state index in [4.69, 9.17) is 0 Å². The second-order valence-corrected chi connectivity index (χ2v) is 4.58. The van der Waals surface area contributed by atoms with Gasteiger partial charge < -0.3 is 9.67 Å². The Kier molecular flexibility index (Phi) is 2.83. The molecule has 5 heteroatoms. The summed E-state index contributed by atoms with van der Waals surface area (Å²) in [5.41, 5.74) is 1.76. The van der Waals surface area contributed by atoms with E-state index >= 15 is 0 Å². The van der Waals surface area contributed by atoms with Crippen molar-refractivity contribution in [2.75, 3.05) is 0 Å². The first kappa shape index (κ1) is 11.6. The summed E-state index contributed by atoms with van der Waals surface area (Å²) in [5, 5.41) is 9.85. The minimum atomic E-state index is -0.935. The summed E-state index contributed by atoms with van der Waals surface area (Å²) in [6, 6.07) is 0. The van der Waals surface area contributed by atoms with E-state index in [2.05, 4.69) is 23.8 Å². The summed E-state index contributed by atoms with van der Waals surface area (Å²) in [4.78, 5) is 19.6. The van der Waals surface area contributed by atoms with Gasteiger partial charge in [-0.05, 0) is 12.3 Å². The highest BCUT2D eigenvalue weighted by Crippen LogP contribution is 2.23. The highest BCUT2D eigenvalue weighted by Gasteiger charge is 2.18. The molecule has 2 rings (SSSR count). The molecule has 0 saturated heterocycles. The Balaban J connectivity index is 2.72. The van der Waals surface area contributed by atoms with Gasteiger partial charge in [-0.2, -0.15) is 0 Å². The molecule has 2 heterocycles. The number of rotatable bonds is 3. The number of aromatic carboxylic acids is 1. The molecule has 0 amide bonds. The summed E-state index contributed by atoms with van der Waals surface area (Å²) in [5.74, 6) is -0.509. The molecule has 0 unspecified atom stereocenters. The lowest BCUT2D eigenvalue weighted by Gasteiger charge is -2.05. The van der Waals surface area contributed by atoms with Crippen LogP contribution in [0.4, 0.5) is 0 Å². The Morgan fingerprint density at radius 3 is 2.76 bits per heavy atom. The number of hydrogen-bond acceptors (Lipinski definition) is 3. The largest absolute Gasteiger partial charge is 0.478 e. The van der Waals surface area contributed by atoms with Crippen LogP contribution >= 0.6 is 0 Å². The van der Waals surface area contributed by atoms with Gasteiger partial charge in [-0.1, -0.05) is 13.8 Å². The fourth-order valence-corrected chi connectivity index (χ4v) is 1.98. The average molecular weight is 233 g/mol. The predicted octanol–water partition coefficient (Wildman–Crippen LogP) is 1.86. The highest BCUT2D eigenvalue weighted by molar-refractivity contribution is 6.03. The average Bonchev–Trinajstić information content (AvgIpc) is 2.57. The van der Waals surface area contributed by atoms with E-state index in [1.54, 1.807) is 17.8 Å². The minimum Gasteiger partial charge on any atom is -0.478 e. The summed E-state index contributed by atoms with van der Waals surface area (Å²) in [6.07, 6.45) is 3.83. The second kappa shape index (κ2) is 4.16. The number of carbonyl (C=O) groups is 1. The zero-order valence-corrected chi connectivity index (χ0v) is 10.1. The maximum absolute atomic E-state index is 11.2. The van der Waals surface area contributed by atoms with Gasteiger partial charge in [0.25, 0.3) is 0 Å². The van der Waals surface area contributed by atoms with Crippen LogP contribution in [0.25, 0.3) is 11.0 Å². The second-order valence-electron chi connectivity index (χ2n) is 4.58. The maximum atomic E-state index is 11.2. The Morgan fingerprint density at radius 1 is 1.47 bits per heavy atom. The number of nitrogens with zero attached hydrogens (tertiary/aromatic N) is 3. The first-order valence-electron chi connectivity index (χ1n) is 5.53. The van der Waals surface area contributed by atoms with E-state index in [0.29, 0.717) is 17.0 Å². The number of hydrogen-bond donors (Lipinski definition) is 1. The van der Waals surface area contributed by atoms with Crippen molar-refractivity contribution in [3.8, 4) is 0 Å². The fourth-order valence-electron chi connectivity index (χ4n) is 1.98. The van der Waals surface area contributed by atoms with Crippen LogP contribution in [-0.2, 0) is 13.5 Å². The highest BCUT2D eigenvalue weighted by atomic mass is 16.4. The lowest BCUT2D eigenvalue weighted by Crippen LogP contribution is -2.02. The Morgan fingerprint density at radius 2 is 2.18 bits per heavy atom. The molecule has 0 aromatic carbocycles. The lowest BCUT2D eigenvalue weighted by atomic mass is 10.0. The van der Waals surface area contributed by atoms with Crippen LogP contribution in [0.3, 0.4) is 0 Å². The van der Waals surface area contributed by atoms with Crippen molar-refractivity contribution in [3.05, 3.63) is 23.8 Å². The van der Waals surface area contributed by atoms with Gasteiger partial charge in [-0.25, -0.2) is 14.8 Å². The molecule has 2 aromatic heterocycles. The number of aromatic nitrogens is 3. The molecule has 0 aliphatic carbocycles. The van der Waals surface area contributed by atoms with E-state index < -0.39 is 5.97 Å². The molecule has 0 atom stereocenters. The third kappa shape index (κ3) is 2.00. The topological polar surface area (TPSA) is 68.0 Å². The zero-order chi connectivity index (χ0) is 12.6. The van der Waals surface area contributed by atoms with Crippen LogP contribution in [-0.4, -0.2) is 25.6 Å². The molecule has 5 nitrogen and oxygen atoms in total. The van der Waals surface area contributed by atoms with Crippen molar-refractivity contribution in [1.82, 2.24) is 14.5 Å². The van der Waals surface area contributed by atoms with Crippen molar-refractivity contribution in [3.63, 3.8) is 0 Å². The van der Waals surface area contributed by atoms with E-state index in [0.717, 1.165) is 12.1 Å². The summed E-state index contributed by atoms with van der Waals surface area (Å²) >= 11 is 0. The molecule has 0 fully saturated rings. The van der Waals surface area contributed by atoms with Gasteiger partial charge >= 0.3 is 5.97 Å². The lowest BCUT2D eigenvalue weighted by molar-refractivity contribution is 0.0698. The molecule has 1 N–H and O–H groups in total. The van der Waals surface area contributed by atoms with Crippen LogP contribution in [0.5, 0.6) is 0 Å². The molecule has 0 saturated carbocycles. The predicted molar refractivity (Wildman–Crippen MR) is 64.0 cm³/mol. The monoisotopic (exact) mass is 233 g/mol. The van der Waals surface area contributed by atoms with E-state index in [9.17, 15) is 9.90 Å². The molecule has 0 radical (unpaired) electrons. The Bertz CT molecular complexity index is 572. The summed E-state index contributed by atoms with van der Waals surface area (Å²) < 4.78 is 1.73. The van der Waals surface area contributed by atoms with E-state index in [1.807, 2.05) is 0 Å². The third-order valence-corrected chi connectivity index (χ3v) is 2.66. The van der Waals surface area contributed by atoms with Crippen molar-refractivity contribution in [2.24, 2.45) is 13.0 Å². The standard InChI is InChI=1S/C12H15N3O2/c1-7(2)4-9-10-8(12(16)17)5-15(3)11(10)14-6-13-9/h5-7H,4H2,1-3H3,(H,16,17). The molecule has 0 aliphatic heterocycles. The van der Waals surface area contributed by atoms with Crippen molar-refractivity contribution in [2.45, 2.75) is 20.3 Å². The van der Waals surface area contributed by atoms with Gasteiger partial charge in [0, 0.05) is 13.2 Å². The van der Waals surface area contributed by atoms with Gasteiger partial charge in [0.15, 0.2) is 0 Å². The first-order valence-corrected chi connectivity index (χ1v) is 5.53. The zero-order valence-electron chi connectivity index (χ0n) is 10.1. The van der Waals surface area contributed by atoms with Gasteiger partial charge in [0.2, 0.25) is 0 Å². The smallest absolute Gasteiger partial charge is 0.338 e. The number of aryl methyl sites for hydroxylation is 1. The van der Waals surface area contributed by atoms with E-state index in [1.165, 1.54) is 6.33 Å². The summed E-state index contributed by atoms with van der Waals surface area (Å²) in [6.45, 7) is 4.16.